The molecular weight excluding hydrogens is 414 g/mol. The molecule has 1 N–H and O–H groups in total. The van der Waals surface area contributed by atoms with Gasteiger partial charge in [-0.3, -0.25) is 4.79 Å². The number of halogens is 2. The maximum atomic E-state index is 13.8. The standard InChI is InChI=1S/C20H20F2N4O3S/c1-29-20(28)17(5-8-30-2)24-18(27)16-12-23-26(19(16)25-6-3-4-7-25)15-10-13(21)9-14(22)11-15/h3-4,6-7,9-12,17H,5,8H2,1-2H3,(H,24,27)/t17-/m0/s1. The number of aromatic nitrogens is 3. The second kappa shape index (κ2) is 9.57. The lowest BCUT2D eigenvalue weighted by Crippen LogP contribution is -2.42. The Morgan fingerprint density at radius 2 is 1.87 bits per heavy atom. The molecule has 1 amide bonds. The van der Waals surface area contributed by atoms with Crippen molar-refractivity contribution in [3.8, 4) is 11.5 Å². The van der Waals surface area contributed by atoms with Crippen LogP contribution in [-0.2, 0) is 9.53 Å². The molecule has 30 heavy (non-hydrogen) atoms. The number of carbonyl (C=O) groups excluding carboxylic acids is 2. The van der Waals surface area contributed by atoms with Gasteiger partial charge in [-0.2, -0.15) is 16.9 Å². The zero-order valence-corrected chi connectivity index (χ0v) is 17.2. The summed E-state index contributed by atoms with van der Waals surface area (Å²) < 4.78 is 35.1. The van der Waals surface area contributed by atoms with Gasteiger partial charge in [-0.25, -0.2) is 18.3 Å². The average Bonchev–Trinajstić information content (AvgIpc) is 3.38. The van der Waals surface area contributed by atoms with E-state index in [4.69, 9.17) is 4.74 Å². The fourth-order valence-electron chi connectivity index (χ4n) is 2.94. The predicted octanol–water partition coefficient (Wildman–Crippen LogP) is 2.97. The lowest BCUT2D eigenvalue weighted by atomic mass is 10.2. The topological polar surface area (TPSA) is 78.2 Å². The molecule has 0 spiro atoms. The Kier molecular flexibility index (Phi) is 6.88. The monoisotopic (exact) mass is 434 g/mol. The quantitative estimate of drug-likeness (QED) is 0.552. The summed E-state index contributed by atoms with van der Waals surface area (Å²) in [7, 11) is 1.25. The van der Waals surface area contributed by atoms with E-state index in [0.717, 1.165) is 18.2 Å². The van der Waals surface area contributed by atoms with Crippen LogP contribution in [0.4, 0.5) is 8.78 Å². The molecule has 0 radical (unpaired) electrons. The van der Waals surface area contributed by atoms with E-state index in [1.54, 1.807) is 29.1 Å². The largest absolute Gasteiger partial charge is 0.467 e. The third-order valence-corrected chi connectivity index (χ3v) is 4.97. The number of ether oxygens (including phenoxy) is 1. The smallest absolute Gasteiger partial charge is 0.328 e. The van der Waals surface area contributed by atoms with E-state index < -0.39 is 29.6 Å². The Balaban J connectivity index is 2.01. The zero-order chi connectivity index (χ0) is 21.7. The van der Waals surface area contributed by atoms with Crippen LogP contribution in [0.1, 0.15) is 16.8 Å². The minimum atomic E-state index is -0.831. The molecule has 0 aliphatic rings. The molecular formula is C20H20F2N4O3S. The molecule has 1 atom stereocenters. The summed E-state index contributed by atoms with van der Waals surface area (Å²) in [6, 6.07) is 5.62. The Labute approximate surface area is 176 Å². The van der Waals surface area contributed by atoms with Gasteiger partial charge in [0.15, 0.2) is 5.82 Å². The SMILES string of the molecule is COC(=O)[C@H](CCSC)NC(=O)c1cnn(-c2cc(F)cc(F)c2)c1-n1cccc1. The first kappa shape index (κ1) is 21.6. The van der Waals surface area contributed by atoms with Crippen LogP contribution in [0.5, 0.6) is 0 Å². The van der Waals surface area contributed by atoms with E-state index in [1.165, 1.54) is 29.8 Å². The van der Waals surface area contributed by atoms with Gasteiger partial charge in [-0.15, -0.1) is 0 Å². The lowest BCUT2D eigenvalue weighted by molar-refractivity contribution is -0.142. The molecule has 0 aliphatic carbocycles. The number of thioether (sulfide) groups is 1. The molecule has 10 heteroatoms. The number of nitrogens with one attached hydrogen (secondary N) is 1. The fraction of sp³-hybridized carbons (Fsp3) is 0.250. The molecule has 2 heterocycles. The Morgan fingerprint density at radius 3 is 2.47 bits per heavy atom. The van der Waals surface area contributed by atoms with Crippen LogP contribution >= 0.6 is 11.8 Å². The average molecular weight is 434 g/mol. The summed E-state index contributed by atoms with van der Waals surface area (Å²) in [4.78, 5) is 25.0. The molecule has 0 bridgehead atoms. The molecule has 0 fully saturated rings. The first-order chi connectivity index (χ1) is 14.4. The van der Waals surface area contributed by atoms with Crippen molar-refractivity contribution in [2.45, 2.75) is 12.5 Å². The Morgan fingerprint density at radius 1 is 1.20 bits per heavy atom. The zero-order valence-electron chi connectivity index (χ0n) is 16.3. The summed E-state index contributed by atoms with van der Waals surface area (Å²) in [6.07, 6.45) is 6.91. The molecule has 0 unspecified atom stereocenters. The summed E-state index contributed by atoms with van der Waals surface area (Å²) in [5.74, 6) is -1.74. The summed E-state index contributed by atoms with van der Waals surface area (Å²) in [5.41, 5.74) is 0.246. The van der Waals surface area contributed by atoms with E-state index in [0.29, 0.717) is 12.2 Å². The van der Waals surface area contributed by atoms with Gasteiger partial charge in [0.2, 0.25) is 0 Å². The maximum absolute atomic E-state index is 13.8. The third kappa shape index (κ3) is 4.70. The van der Waals surface area contributed by atoms with E-state index >= 15 is 0 Å². The molecule has 0 saturated heterocycles. The molecule has 1 aromatic carbocycles. The predicted molar refractivity (Wildman–Crippen MR) is 109 cm³/mol. The van der Waals surface area contributed by atoms with E-state index in [1.807, 2.05) is 6.26 Å². The van der Waals surface area contributed by atoms with Crippen molar-refractivity contribution in [1.29, 1.82) is 0 Å². The molecule has 7 nitrogen and oxygen atoms in total. The summed E-state index contributed by atoms with van der Waals surface area (Å²) in [5, 5.41) is 6.83. The van der Waals surface area contributed by atoms with E-state index in [2.05, 4.69) is 10.4 Å². The van der Waals surface area contributed by atoms with Gasteiger partial charge < -0.3 is 14.6 Å². The van der Waals surface area contributed by atoms with Gasteiger partial charge in [0, 0.05) is 18.5 Å². The van der Waals surface area contributed by atoms with Gasteiger partial charge in [0.25, 0.3) is 5.91 Å². The number of hydrogen-bond donors (Lipinski definition) is 1. The van der Waals surface area contributed by atoms with Crippen molar-refractivity contribution >= 4 is 23.6 Å². The molecule has 3 aromatic rings. The number of methoxy groups -OCH3 is 1. The van der Waals surface area contributed by atoms with Crippen LogP contribution in [0, 0.1) is 11.6 Å². The fourth-order valence-corrected chi connectivity index (χ4v) is 3.41. The van der Waals surface area contributed by atoms with Crippen molar-refractivity contribution in [1.82, 2.24) is 19.7 Å². The first-order valence-electron chi connectivity index (χ1n) is 9.00. The highest BCUT2D eigenvalue weighted by Crippen LogP contribution is 2.21. The normalized spacial score (nSPS) is 11.9. The van der Waals surface area contributed by atoms with Crippen molar-refractivity contribution in [2.75, 3.05) is 19.1 Å². The van der Waals surface area contributed by atoms with Gasteiger partial charge in [-0.05, 0) is 42.7 Å². The Bertz CT molecular complexity index is 1020. The second-order valence-electron chi connectivity index (χ2n) is 6.34. The lowest BCUT2D eigenvalue weighted by Gasteiger charge is -2.16. The number of rotatable bonds is 8. The minimum Gasteiger partial charge on any atom is -0.467 e. The van der Waals surface area contributed by atoms with Crippen molar-refractivity contribution in [3.63, 3.8) is 0 Å². The summed E-state index contributed by atoms with van der Waals surface area (Å²) >= 11 is 1.54. The number of hydrogen-bond acceptors (Lipinski definition) is 5. The molecule has 0 saturated carbocycles. The van der Waals surface area contributed by atoms with Gasteiger partial charge in [-0.1, -0.05) is 0 Å². The van der Waals surface area contributed by atoms with E-state index in [9.17, 15) is 18.4 Å². The van der Waals surface area contributed by atoms with Gasteiger partial charge in [0.05, 0.1) is 19.0 Å². The Hall–Kier alpha value is -3.14. The van der Waals surface area contributed by atoms with Gasteiger partial charge >= 0.3 is 5.97 Å². The van der Waals surface area contributed by atoms with Crippen LogP contribution in [0.25, 0.3) is 11.5 Å². The first-order valence-corrected chi connectivity index (χ1v) is 10.4. The van der Waals surface area contributed by atoms with Crippen molar-refractivity contribution in [2.24, 2.45) is 0 Å². The molecule has 0 aliphatic heterocycles. The number of esters is 1. The molecule has 158 valence electrons. The van der Waals surface area contributed by atoms with Crippen LogP contribution in [0.15, 0.2) is 48.9 Å². The number of amides is 1. The minimum absolute atomic E-state index is 0.113. The molecule has 2 aromatic heterocycles. The molecule has 3 rings (SSSR count). The summed E-state index contributed by atoms with van der Waals surface area (Å²) in [6.45, 7) is 0. The van der Waals surface area contributed by atoms with E-state index in [-0.39, 0.29) is 17.1 Å². The number of carbonyl (C=O) groups is 2. The maximum Gasteiger partial charge on any atom is 0.328 e. The van der Waals surface area contributed by atoms with Crippen LogP contribution in [0.3, 0.4) is 0 Å². The van der Waals surface area contributed by atoms with Crippen molar-refractivity contribution < 1.29 is 23.1 Å². The van der Waals surface area contributed by atoms with Crippen molar-refractivity contribution in [3.05, 3.63) is 66.1 Å². The highest BCUT2D eigenvalue weighted by molar-refractivity contribution is 7.98. The van der Waals surface area contributed by atoms with Gasteiger partial charge in [0.1, 0.15) is 23.2 Å². The highest BCUT2D eigenvalue weighted by atomic mass is 32.2. The van der Waals surface area contributed by atoms with Crippen LogP contribution in [-0.4, -0.2) is 51.4 Å². The second-order valence-corrected chi connectivity index (χ2v) is 7.33. The highest BCUT2D eigenvalue weighted by Gasteiger charge is 2.26. The number of nitrogens with zero attached hydrogens (tertiary/aromatic N) is 3. The van der Waals surface area contributed by atoms with Crippen LogP contribution in [0.2, 0.25) is 0 Å². The number of benzene rings is 1. The van der Waals surface area contributed by atoms with Crippen LogP contribution < -0.4 is 5.32 Å². The third-order valence-electron chi connectivity index (χ3n) is 4.33.